The number of methoxy groups -OCH3 is 2. The number of nitro benzene ring substituents is 1. The highest BCUT2D eigenvalue weighted by Crippen LogP contribution is 2.81. The second-order valence-electron chi connectivity index (χ2n) is 5.61. The van der Waals surface area contributed by atoms with Gasteiger partial charge >= 0.3 is 0 Å². The Kier molecular flexibility index (Phi) is 3.14. The number of hydrogen-bond acceptors (Lipinski definition) is 8. The minimum Gasteiger partial charge on any atom is -0.386 e. The number of nitrogens with two attached hydrogens (primary N) is 1. The van der Waals surface area contributed by atoms with Crippen molar-refractivity contribution in [2.45, 2.75) is 11.8 Å². The zero-order valence-corrected chi connectivity index (χ0v) is 12.9. The smallest absolute Gasteiger partial charge is 0.292 e. The Morgan fingerprint density at radius 1 is 1.33 bits per heavy atom. The fraction of sp³-hybridized carbons (Fsp3) is 0.400. The van der Waals surface area contributed by atoms with Gasteiger partial charge in [-0.1, -0.05) is 12.1 Å². The number of nitrogens with zero attached hydrogens (tertiary/aromatic N) is 4. The molecule has 0 aromatic heterocycles. The van der Waals surface area contributed by atoms with Crippen molar-refractivity contribution in [2.75, 3.05) is 14.2 Å². The molecule has 2 aliphatic rings. The van der Waals surface area contributed by atoms with E-state index in [4.69, 9.17) is 15.2 Å². The molecule has 1 aliphatic carbocycles. The van der Waals surface area contributed by atoms with Gasteiger partial charge in [0.15, 0.2) is 5.41 Å². The summed E-state index contributed by atoms with van der Waals surface area (Å²) in [7, 11) is 2.60. The molecule has 0 amide bonds. The maximum absolute atomic E-state index is 11.0. The fourth-order valence-electron chi connectivity index (χ4n) is 3.84. The van der Waals surface area contributed by atoms with E-state index in [0.29, 0.717) is 5.56 Å². The highest BCUT2D eigenvalue weighted by atomic mass is 16.7. The number of nitro groups is 1. The summed E-state index contributed by atoms with van der Waals surface area (Å²) in [6.07, 6.45) is 0. The monoisotopic (exact) mass is 327 g/mol. The third kappa shape index (κ3) is 1.41. The molecule has 9 nitrogen and oxygen atoms in total. The maximum atomic E-state index is 11.0. The molecule has 1 aromatic rings. The van der Waals surface area contributed by atoms with Crippen LogP contribution in [0.25, 0.3) is 0 Å². The number of fused-ring (bicyclic) bond motifs is 1. The van der Waals surface area contributed by atoms with Crippen molar-refractivity contribution in [3.05, 3.63) is 39.9 Å². The lowest BCUT2D eigenvalue weighted by Gasteiger charge is -2.29. The van der Waals surface area contributed by atoms with Gasteiger partial charge in [-0.15, -0.1) is 0 Å². The first-order valence-corrected chi connectivity index (χ1v) is 6.93. The predicted octanol–water partition coefficient (Wildman–Crippen LogP) is 1.03. The van der Waals surface area contributed by atoms with E-state index in [-0.39, 0.29) is 11.5 Å². The summed E-state index contributed by atoms with van der Waals surface area (Å²) in [5, 5.41) is 30.6. The molecule has 0 unspecified atom stereocenters. The van der Waals surface area contributed by atoms with Crippen molar-refractivity contribution < 1.29 is 14.4 Å². The molecule has 9 heteroatoms. The van der Waals surface area contributed by atoms with E-state index in [1.54, 1.807) is 6.07 Å². The lowest BCUT2D eigenvalue weighted by molar-refractivity contribution is -0.384. The molecule has 24 heavy (non-hydrogen) atoms. The molecule has 1 saturated carbocycles. The summed E-state index contributed by atoms with van der Waals surface area (Å²) < 4.78 is 10.7. The minimum absolute atomic E-state index is 0.0771. The minimum atomic E-state index is -1.74. The Labute approximate surface area is 137 Å². The van der Waals surface area contributed by atoms with Gasteiger partial charge in [-0.3, -0.25) is 10.1 Å². The average molecular weight is 327 g/mol. The molecule has 0 spiro atoms. The molecular weight excluding hydrogens is 314 g/mol. The molecule has 3 rings (SSSR count). The number of benzene rings is 1. The van der Waals surface area contributed by atoms with Gasteiger partial charge in [0.25, 0.3) is 11.6 Å². The summed E-state index contributed by atoms with van der Waals surface area (Å²) in [4.78, 5) is 14.6. The van der Waals surface area contributed by atoms with E-state index >= 15 is 0 Å². The van der Waals surface area contributed by atoms with Crippen molar-refractivity contribution in [1.29, 1.82) is 10.5 Å². The second-order valence-corrected chi connectivity index (χ2v) is 5.61. The van der Waals surface area contributed by atoms with E-state index < -0.39 is 27.6 Å². The van der Waals surface area contributed by atoms with Crippen LogP contribution < -0.4 is 5.73 Å². The van der Waals surface area contributed by atoms with Gasteiger partial charge in [-0.05, 0) is 5.56 Å². The van der Waals surface area contributed by atoms with Crippen molar-refractivity contribution >= 4 is 11.5 Å². The number of hydrogen-bond donors (Lipinski definition) is 1. The van der Waals surface area contributed by atoms with Crippen LogP contribution in [0.5, 0.6) is 0 Å². The highest BCUT2D eigenvalue weighted by Gasteiger charge is 2.93. The first-order chi connectivity index (χ1) is 11.4. The molecular formula is C15H13N5O4. The first-order valence-electron chi connectivity index (χ1n) is 6.93. The molecule has 0 radical (unpaired) electrons. The van der Waals surface area contributed by atoms with Crippen molar-refractivity contribution in [3.63, 3.8) is 0 Å². The number of rotatable bonds is 4. The van der Waals surface area contributed by atoms with Crippen LogP contribution in [0.1, 0.15) is 11.5 Å². The average Bonchev–Trinajstić information content (AvgIpc) is 3.18. The van der Waals surface area contributed by atoms with Gasteiger partial charge in [-0.25, -0.2) is 4.99 Å². The van der Waals surface area contributed by atoms with Crippen LogP contribution in [-0.2, 0) is 9.47 Å². The molecule has 0 bridgehead atoms. The summed E-state index contributed by atoms with van der Waals surface area (Å²) >= 11 is 0. The molecule has 1 heterocycles. The van der Waals surface area contributed by atoms with Crippen LogP contribution in [-0.4, -0.2) is 30.9 Å². The number of amidine groups is 1. The summed E-state index contributed by atoms with van der Waals surface area (Å²) in [6, 6.07) is 9.91. The molecule has 1 aliphatic heterocycles. The summed E-state index contributed by atoms with van der Waals surface area (Å²) in [5.41, 5.74) is 3.28. The van der Waals surface area contributed by atoms with Crippen molar-refractivity contribution in [3.8, 4) is 12.1 Å². The Morgan fingerprint density at radius 2 is 2.00 bits per heavy atom. The Morgan fingerprint density at radius 3 is 2.50 bits per heavy atom. The zero-order valence-electron chi connectivity index (χ0n) is 12.9. The third-order valence-electron chi connectivity index (χ3n) is 4.90. The number of nitriles is 2. The van der Waals surface area contributed by atoms with Crippen LogP contribution in [0.3, 0.4) is 0 Å². The Balaban J connectivity index is 2.24. The van der Waals surface area contributed by atoms with Gasteiger partial charge in [0.1, 0.15) is 11.3 Å². The van der Waals surface area contributed by atoms with Gasteiger partial charge in [0, 0.05) is 32.3 Å². The van der Waals surface area contributed by atoms with Gasteiger partial charge < -0.3 is 15.2 Å². The van der Waals surface area contributed by atoms with Crippen LogP contribution in [0.15, 0.2) is 29.3 Å². The highest BCUT2D eigenvalue weighted by molar-refractivity contribution is 6.00. The number of non-ortho nitro benzene ring substituents is 1. The first kappa shape index (κ1) is 15.9. The summed E-state index contributed by atoms with van der Waals surface area (Å²) in [5.74, 6) is -2.57. The standard InChI is InChI=1S/C15H13N5O4/c1-23-15(24-2)14(8-17)11(13(14,7-16)12(18)19-15)9-4-3-5-10(6-9)20(21)22/h3-6,11H,1-2H3,(H2,18,19)/t11-,13-,14-/m1/s1. The van der Waals surface area contributed by atoms with Crippen LogP contribution in [0, 0.1) is 43.6 Å². The second kappa shape index (κ2) is 4.74. The van der Waals surface area contributed by atoms with Crippen LogP contribution >= 0.6 is 0 Å². The molecule has 3 atom stereocenters. The molecule has 122 valence electrons. The van der Waals surface area contributed by atoms with E-state index in [0.717, 1.165) is 0 Å². The lowest BCUT2D eigenvalue weighted by Crippen LogP contribution is -2.41. The Bertz CT molecular complexity index is 850. The van der Waals surface area contributed by atoms with Crippen molar-refractivity contribution in [2.24, 2.45) is 21.6 Å². The molecule has 1 aromatic carbocycles. The molecule has 0 saturated heterocycles. The lowest BCUT2D eigenvalue weighted by atomic mass is 9.93. The largest absolute Gasteiger partial charge is 0.386 e. The van der Waals surface area contributed by atoms with Gasteiger partial charge in [0.2, 0.25) is 0 Å². The van der Waals surface area contributed by atoms with E-state index in [9.17, 15) is 20.6 Å². The van der Waals surface area contributed by atoms with Gasteiger partial charge in [-0.2, -0.15) is 10.5 Å². The van der Waals surface area contributed by atoms with E-state index in [1.807, 2.05) is 0 Å². The quantitative estimate of drug-likeness (QED) is 0.493. The molecule has 2 N–H and O–H groups in total. The summed E-state index contributed by atoms with van der Waals surface area (Å²) in [6.45, 7) is 0. The topological polar surface area (TPSA) is 148 Å². The zero-order chi connectivity index (χ0) is 17.8. The van der Waals surface area contributed by atoms with E-state index in [1.165, 1.54) is 32.4 Å². The van der Waals surface area contributed by atoms with Crippen LogP contribution in [0.2, 0.25) is 0 Å². The van der Waals surface area contributed by atoms with Crippen LogP contribution in [0.4, 0.5) is 5.69 Å². The SMILES string of the molecule is COC1(OC)N=C(N)[C@@]2(C#N)[C@@H](c3cccc([N+](=O)[O-])c3)[C@@]12C#N. The third-order valence-corrected chi connectivity index (χ3v) is 4.90. The van der Waals surface area contributed by atoms with E-state index in [2.05, 4.69) is 17.1 Å². The fourth-order valence-corrected chi connectivity index (χ4v) is 3.84. The van der Waals surface area contributed by atoms with Gasteiger partial charge in [0.05, 0.1) is 17.1 Å². The normalized spacial score (nSPS) is 32.2. The van der Waals surface area contributed by atoms with Crippen molar-refractivity contribution in [1.82, 2.24) is 0 Å². The maximum Gasteiger partial charge on any atom is 0.292 e. The predicted molar refractivity (Wildman–Crippen MR) is 80.3 cm³/mol. The number of aliphatic imine (C=N–C) groups is 1. The number of ether oxygens (including phenoxy) is 2. The Hall–Kier alpha value is -3.01. The molecule has 1 fully saturated rings.